The Balaban J connectivity index is 2.17. The van der Waals surface area contributed by atoms with Gasteiger partial charge >= 0.3 is 0 Å². The number of carbonyl (C=O) groups is 2. The number of aliphatic hydroxyl groups excluding tert-OH is 1. The van der Waals surface area contributed by atoms with Crippen LogP contribution in [0.4, 0.5) is 5.69 Å². The molecule has 176 valence electrons. The van der Waals surface area contributed by atoms with Crippen molar-refractivity contribution >= 4 is 23.1 Å². The van der Waals surface area contributed by atoms with Crippen molar-refractivity contribution in [2.24, 2.45) is 0 Å². The highest BCUT2D eigenvalue weighted by atomic mass is 16.5. The first-order chi connectivity index (χ1) is 15.7. The topological polar surface area (TPSA) is 70.1 Å². The predicted molar refractivity (Wildman–Crippen MR) is 132 cm³/mol. The summed E-state index contributed by atoms with van der Waals surface area (Å²) in [6.45, 7) is 6.58. The molecule has 0 saturated carbocycles. The van der Waals surface area contributed by atoms with Crippen LogP contribution in [0.3, 0.4) is 0 Å². The number of amides is 1. The van der Waals surface area contributed by atoms with Gasteiger partial charge in [0.1, 0.15) is 11.5 Å². The molecular weight excluding hydrogens is 416 g/mol. The Morgan fingerprint density at radius 1 is 1.12 bits per heavy atom. The monoisotopic (exact) mass is 450 g/mol. The van der Waals surface area contributed by atoms with Crippen LogP contribution in [0, 0.1) is 0 Å². The van der Waals surface area contributed by atoms with E-state index in [0.717, 1.165) is 35.4 Å². The Morgan fingerprint density at radius 2 is 1.79 bits per heavy atom. The van der Waals surface area contributed by atoms with E-state index < -0.39 is 17.7 Å². The average Bonchev–Trinajstić information content (AvgIpc) is 3.06. The first kappa shape index (κ1) is 24.4. The van der Waals surface area contributed by atoms with E-state index in [9.17, 15) is 14.7 Å². The minimum absolute atomic E-state index is 0.133. The molecule has 0 aliphatic carbocycles. The first-order valence-corrected chi connectivity index (χ1v) is 11.4. The number of ether oxygens (including phenoxy) is 1. The fourth-order valence-corrected chi connectivity index (χ4v) is 4.23. The molecule has 1 atom stereocenters. The molecule has 0 aromatic heterocycles. The Bertz CT molecular complexity index is 1050. The summed E-state index contributed by atoms with van der Waals surface area (Å²) in [4.78, 5) is 29.7. The number of methoxy groups -OCH3 is 1. The summed E-state index contributed by atoms with van der Waals surface area (Å²) in [5, 5.41) is 11.3. The van der Waals surface area contributed by atoms with Gasteiger partial charge in [0.2, 0.25) is 0 Å². The number of unbranched alkanes of at least 4 members (excludes halogenated alkanes) is 1. The smallest absolute Gasteiger partial charge is 0.295 e. The number of aliphatic hydroxyl groups is 1. The number of rotatable bonds is 8. The maximum Gasteiger partial charge on any atom is 0.295 e. The first-order valence-electron chi connectivity index (χ1n) is 11.4. The van der Waals surface area contributed by atoms with Crippen LogP contribution in [0.2, 0.25) is 0 Å². The van der Waals surface area contributed by atoms with Crippen molar-refractivity contribution in [3.05, 3.63) is 64.7 Å². The Kier molecular flexibility index (Phi) is 7.46. The van der Waals surface area contributed by atoms with Crippen molar-refractivity contribution in [1.29, 1.82) is 0 Å². The molecule has 2 aromatic rings. The molecule has 2 aromatic carbocycles. The molecule has 1 heterocycles. The fourth-order valence-electron chi connectivity index (χ4n) is 4.23. The van der Waals surface area contributed by atoms with E-state index in [1.807, 2.05) is 70.1 Å². The van der Waals surface area contributed by atoms with E-state index in [4.69, 9.17) is 4.74 Å². The normalized spacial score (nSPS) is 17.7. The third kappa shape index (κ3) is 4.75. The van der Waals surface area contributed by atoms with Crippen LogP contribution < -0.4 is 9.64 Å². The fraction of sp³-hybridized carbons (Fsp3) is 0.407. The van der Waals surface area contributed by atoms with Gasteiger partial charge < -0.3 is 19.6 Å². The lowest BCUT2D eigenvalue weighted by molar-refractivity contribution is -0.139. The molecule has 0 bridgehead atoms. The van der Waals surface area contributed by atoms with Crippen LogP contribution in [0.25, 0.3) is 5.76 Å². The van der Waals surface area contributed by atoms with Gasteiger partial charge in [-0.15, -0.1) is 0 Å². The Labute approximate surface area is 196 Å². The van der Waals surface area contributed by atoms with Crippen LogP contribution in [-0.4, -0.2) is 49.4 Å². The van der Waals surface area contributed by atoms with Gasteiger partial charge in [-0.25, -0.2) is 0 Å². The minimum atomic E-state index is -0.646. The molecule has 1 aliphatic rings. The maximum absolute atomic E-state index is 13.2. The molecule has 6 heteroatoms. The highest BCUT2D eigenvalue weighted by molar-refractivity contribution is 6.46. The number of carbonyl (C=O) groups excluding carboxylic acids is 2. The summed E-state index contributed by atoms with van der Waals surface area (Å²) < 4.78 is 5.46. The standard InChI is InChI=1S/C27H34N2O4/c1-7-8-15-29-24(18-9-12-20(13-10-18)28(4)5)23(26(31)27(29)32)25(30)19-11-14-22(33-6)21(16-19)17(2)3/h9-14,16-17,24,30H,7-8,15H2,1-6H3/b25-23-. The highest BCUT2D eigenvalue weighted by Gasteiger charge is 2.45. The molecule has 1 amide bonds. The molecule has 1 N–H and O–H groups in total. The Morgan fingerprint density at radius 3 is 2.33 bits per heavy atom. The molecule has 0 spiro atoms. The zero-order valence-electron chi connectivity index (χ0n) is 20.4. The lowest BCUT2D eigenvalue weighted by Crippen LogP contribution is -2.30. The van der Waals surface area contributed by atoms with E-state index >= 15 is 0 Å². The van der Waals surface area contributed by atoms with Crippen LogP contribution in [-0.2, 0) is 9.59 Å². The van der Waals surface area contributed by atoms with Gasteiger partial charge in [-0.1, -0.05) is 39.3 Å². The Hall–Kier alpha value is -3.28. The number of likely N-dealkylation sites (tertiary alicyclic amines) is 1. The lowest BCUT2D eigenvalue weighted by atomic mass is 9.93. The predicted octanol–water partition coefficient (Wildman–Crippen LogP) is 5.11. The molecule has 6 nitrogen and oxygen atoms in total. The van der Waals surface area contributed by atoms with Crippen molar-refractivity contribution < 1.29 is 19.4 Å². The third-order valence-corrected chi connectivity index (χ3v) is 6.14. The second-order valence-corrected chi connectivity index (χ2v) is 8.94. The molecule has 3 rings (SSSR count). The van der Waals surface area contributed by atoms with Crippen LogP contribution in [0.15, 0.2) is 48.0 Å². The van der Waals surface area contributed by atoms with Crippen molar-refractivity contribution in [2.75, 3.05) is 32.6 Å². The lowest BCUT2D eigenvalue weighted by Gasteiger charge is -2.26. The van der Waals surface area contributed by atoms with Crippen LogP contribution >= 0.6 is 0 Å². The van der Waals surface area contributed by atoms with Gasteiger partial charge in [-0.05, 0) is 53.8 Å². The molecule has 1 unspecified atom stereocenters. The summed E-state index contributed by atoms with van der Waals surface area (Å²) in [5.41, 5.74) is 3.38. The van der Waals surface area contributed by atoms with Crippen molar-refractivity contribution in [2.45, 2.75) is 45.6 Å². The summed E-state index contributed by atoms with van der Waals surface area (Å²) >= 11 is 0. The van der Waals surface area contributed by atoms with Crippen LogP contribution in [0.5, 0.6) is 5.75 Å². The average molecular weight is 451 g/mol. The largest absolute Gasteiger partial charge is 0.507 e. The minimum Gasteiger partial charge on any atom is -0.507 e. The van der Waals surface area contributed by atoms with Gasteiger partial charge in [0.25, 0.3) is 11.7 Å². The third-order valence-electron chi connectivity index (χ3n) is 6.14. The maximum atomic E-state index is 13.2. The van der Waals surface area contributed by atoms with Crippen molar-refractivity contribution in [3.8, 4) is 5.75 Å². The second-order valence-electron chi connectivity index (χ2n) is 8.94. The van der Waals surface area contributed by atoms with E-state index in [1.165, 1.54) is 0 Å². The highest BCUT2D eigenvalue weighted by Crippen LogP contribution is 2.41. The summed E-state index contributed by atoms with van der Waals surface area (Å²) in [6.07, 6.45) is 1.67. The number of ketones is 1. The van der Waals surface area contributed by atoms with Gasteiger partial charge in [-0.2, -0.15) is 0 Å². The summed E-state index contributed by atoms with van der Waals surface area (Å²) in [6, 6.07) is 12.5. The number of anilines is 1. The second kappa shape index (κ2) is 10.1. The van der Waals surface area contributed by atoms with Crippen molar-refractivity contribution in [1.82, 2.24) is 4.90 Å². The van der Waals surface area contributed by atoms with Gasteiger partial charge in [0.15, 0.2) is 0 Å². The van der Waals surface area contributed by atoms with Gasteiger partial charge in [0.05, 0.1) is 18.7 Å². The van der Waals surface area contributed by atoms with Gasteiger partial charge in [0, 0.05) is 31.9 Å². The number of hydrogen-bond acceptors (Lipinski definition) is 5. The summed E-state index contributed by atoms with van der Waals surface area (Å²) in [5.74, 6) is -0.482. The van der Waals surface area contributed by atoms with Crippen LogP contribution in [0.1, 0.15) is 62.3 Å². The number of hydrogen-bond donors (Lipinski definition) is 1. The van der Waals surface area contributed by atoms with Crippen molar-refractivity contribution in [3.63, 3.8) is 0 Å². The molecular formula is C27H34N2O4. The van der Waals surface area contributed by atoms with E-state index in [1.54, 1.807) is 24.1 Å². The molecule has 0 radical (unpaired) electrons. The number of Topliss-reactive ketones (excluding diaryl/α,β-unsaturated/α-hetero) is 1. The quantitative estimate of drug-likeness (QED) is 0.344. The van der Waals surface area contributed by atoms with Gasteiger partial charge in [-0.3, -0.25) is 9.59 Å². The number of benzene rings is 2. The molecule has 33 heavy (non-hydrogen) atoms. The zero-order valence-corrected chi connectivity index (χ0v) is 20.4. The van der Waals surface area contributed by atoms with E-state index in [2.05, 4.69) is 0 Å². The SMILES string of the molecule is CCCCN1C(=O)C(=O)/C(=C(\O)c2ccc(OC)c(C(C)C)c2)C1c1ccc(N(C)C)cc1. The zero-order chi connectivity index (χ0) is 24.3. The molecule has 1 saturated heterocycles. The summed E-state index contributed by atoms with van der Waals surface area (Å²) in [7, 11) is 5.52. The molecule has 1 aliphatic heterocycles. The van der Waals surface area contributed by atoms with E-state index in [0.29, 0.717) is 12.1 Å². The van der Waals surface area contributed by atoms with E-state index in [-0.39, 0.29) is 17.3 Å². The molecule has 1 fully saturated rings. The number of nitrogens with zero attached hydrogens (tertiary/aromatic N) is 2.